The zero-order valence-corrected chi connectivity index (χ0v) is 29.5. The fraction of sp³-hybridized carbons (Fsp3) is 1.00. The second-order valence-electron chi connectivity index (χ2n) is 14.0. The summed E-state index contributed by atoms with van der Waals surface area (Å²) in [6.45, 7) is 7.39. The van der Waals surface area contributed by atoms with Crippen LogP contribution in [0.2, 0.25) is 0 Å². The summed E-state index contributed by atoms with van der Waals surface area (Å²) >= 11 is 0. The van der Waals surface area contributed by atoms with Gasteiger partial charge in [-0.1, -0.05) is 194 Å². The first kappa shape index (κ1) is 42.7. The van der Waals surface area contributed by atoms with Crippen molar-refractivity contribution >= 4 is 0 Å². The molecule has 0 saturated heterocycles. The first-order valence-electron chi connectivity index (χ1n) is 18.9. The molecule has 0 amide bonds. The summed E-state index contributed by atoms with van der Waals surface area (Å²) in [5.74, 6) is 0. The molecular weight excluding hydrogens is 477 g/mol. The molecule has 0 fully saturated rings. The minimum atomic E-state index is 0. The van der Waals surface area contributed by atoms with E-state index in [1.165, 1.54) is 223 Å². The van der Waals surface area contributed by atoms with E-state index in [2.05, 4.69) is 27.9 Å². The van der Waals surface area contributed by atoms with Crippen LogP contribution in [0.5, 0.6) is 0 Å². The zero-order chi connectivity index (χ0) is 28.5. The van der Waals surface area contributed by atoms with Gasteiger partial charge >= 0.3 is 18.9 Å². The number of hydrogen-bond acceptors (Lipinski definition) is 0. The Morgan fingerprint density at radius 2 is 0.425 bits per heavy atom. The number of nitrogens with zero attached hydrogens (tertiary/aromatic N) is 1. The maximum absolute atomic E-state index is 2.47. The van der Waals surface area contributed by atoms with Crippen LogP contribution >= 0.6 is 0 Å². The first-order chi connectivity index (χ1) is 19.1. The van der Waals surface area contributed by atoms with Crippen molar-refractivity contribution in [3.63, 3.8) is 0 Å². The maximum Gasteiger partial charge on any atom is 1.00 e. The van der Waals surface area contributed by atoms with Gasteiger partial charge in [-0.3, -0.25) is 0 Å². The second-order valence-corrected chi connectivity index (χ2v) is 14.0. The number of rotatable bonds is 34. The molecule has 0 bridgehead atoms. The average Bonchev–Trinajstić information content (AvgIpc) is 2.92. The normalized spacial score (nSPS) is 11.7. The van der Waals surface area contributed by atoms with Crippen molar-refractivity contribution in [3.05, 3.63) is 0 Å². The van der Waals surface area contributed by atoms with Crippen LogP contribution in [0, 0.1) is 0 Å². The van der Waals surface area contributed by atoms with E-state index in [0.29, 0.717) is 0 Å². The molecule has 238 valence electrons. The van der Waals surface area contributed by atoms with Crippen molar-refractivity contribution in [1.29, 1.82) is 0 Å². The summed E-state index contributed by atoms with van der Waals surface area (Å²) in [7, 11) is 4.94. The molecule has 0 unspecified atom stereocenters. The SMILES string of the molecule is CCCCCCCCCCCCCCCCCC[N+](C)(C)CCCCCCCCCCCCCCCCCC.[H-].[Li+]. The van der Waals surface area contributed by atoms with Crippen molar-refractivity contribution in [1.82, 2.24) is 0 Å². The van der Waals surface area contributed by atoms with Crippen LogP contribution in [0.25, 0.3) is 0 Å². The predicted molar refractivity (Wildman–Crippen MR) is 182 cm³/mol. The van der Waals surface area contributed by atoms with E-state index in [4.69, 9.17) is 0 Å². The summed E-state index contributed by atoms with van der Waals surface area (Å²) in [6.07, 6.45) is 46.9. The van der Waals surface area contributed by atoms with Gasteiger partial charge in [-0.05, 0) is 25.7 Å². The summed E-state index contributed by atoms with van der Waals surface area (Å²) in [5.41, 5.74) is 0. The Morgan fingerprint density at radius 1 is 0.275 bits per heavy atom. The van der Waals surface area contributed by atoms with Crippen molar-refractivity contribution in [3.8, 4) is 0 Å². The summed E-state index contributed by atoms with van der Waals surface area (Å²) in [6, 6.07) is 0. The predicted octanol–water partition coefficient (Wildman–Crippen LogP) is 10.7. The van der Waals surface area contributed by atoms with Gasteiger partial charge in [-0.2, -0.15) is 0 Å². The van der Waals surface area contributed by atoms with Gasteiger partial charge in [0.2, 0.25) is 0 Å². The minimum absolute atomic E-state index is 0. The van der Waals surface area contributed by atoms with Gasteiger partial charge < -0.3 is 5.91 Å². The smallest absolute Gasteiger partial charge is 1.00 e. The molecule has 0 N–H and O–H groups in total. The Balaban J connectivity index is -0.00000722. The van der Waals surface area contributed by atoms with Crippen LogP contribution in [-0.2, 0) is 0 Å². The molecule has 0 aliphatic carbocycles. The van der Waals surface area contributed by atoms with Crippen LogP contribution in [0.3, 0.4) is 0 Å². The Hall–Kier alpha value is 0.557. The summed E-state index contributed by atoms with van der Waals surface area (Å²) < 4.78 is 1.25. The molecule has 0 atom stereocenters. The quantitative estimate of drug-likeness (QED) is 0.0418. The van der Waals surface area contributed by atoms with Crippen LogP contribution in [0.1, 0.15) is 221 Å². The monoisotopic (exact) mass is 559 g/mol. The number of unbranched alkanes of at least 4 members (excludes halogenated alkanes) is 30. The van der Waals surface area contributed by atoms with Crippen molar-refractivity contribution < 1.29 is 24.8 Å². The topological polar surface area (TPSA) is 0 Å². The van der Waals surface area contributed by atoms with Gasteiger partial charge in [0, 0.05) is 0 Å². The zero-order valence-electron chi connectivity index (χ0n) is 30.5. The second kappa shape index (κ2) is 35.8. The van der Waals surface area contributed by atoms with Gasteiger partial charge in [0.1, 0.15) is 0 Å². The van der Waals surface area contributed by atoms with Crippen molar-refractivity contribution in [2.75, 3.05) is 27.2 Å². The molecule has 0 aromatic heterocycles. The Labute approximate surface area is 270 Å². The molecule has 0 radical (unpaired) electrons. The van der Waals surface area contributed by atoms with Gasteiger partial charge in [0.25, 0.3) is 0 Å². The van der Waals surface area contributed by atoms with Gasteiger partial charge in [0.15, 0.2) is 0 Å². The Bertz CT molecular complexity index is 404. The average molecular weight is 559 g/mol. The molecule has 0 aliphatic rings. The fourth-order valence-electron chi connectivity index (χ4n) is 6.29. The van der Waals surface area contributed by atoms with E-state index in [1.54, 1.807) is 0 Å². The molecule has 0 saturated carbocycles. The van der Waals surface area contributed by atoms with Gasteiger partial charge in [-0.15, -0.1) is 0 Å². The first-order valence-corrected chi connectivity index (χ1v) is 18.9. The molecule has 0 aliphatic heterocycles. The Morgan fingerprint density at radius 3 is 0.600 bits per heavy atom. The summed E-state index contributed by atoms with van der Waals surface area (Å²) in [4.78, 5) is 0. The van der Waals surface area contributed by atoms with E-state index in [1.807, 2.05) is 0 Å². The van der Waals surface area contributed by atoms with Crippen molar-refractivity contribution in [2.24, 2.45) is 0 Å². The Kier molecular flexibility index (Phi) is 38.2. The van der Waals surface area contributed by atoms with Crippen molar-refractivity contribution in [2.45, 2.75) is 219 Å². The molecule has 2 heteroatoms. The third kappa shape index (κ3) is 36.6. The molecule has 40 heavy (non-hydrogen) atoms. The largest absolute Gasteiger partial charge is 1.00 e. The molecule has 0 rings (SSSR count). The molecule has 0 aromatic rings. The van der Waals surface area contributed by atoms with Gasteiger partial charge in [0.05, 0.1) is 27.2 Å². The maximum atomic E-state index is 2.47. The standard InChI is InChI=1S/C38H80N.Li.H/c1-5-7-9-11-13-15-17-19-21-23-25-27-29-31-33-35-37-39(3,4)38-36-34-32-30-28-26-24-22-20-18-16-14-12-10-8-6-2;;/h5-38H2,1-4H3;;/q2*+1;-1. The number of hydrogen-bond donors (Lipinski definition) is 0. The van der Waals surface area contributed by atoms with Crippen LogP contribution in [0.4, 0.5) is 0 Å². The van der Waals surface area contributed by atoms with E-state index in [9.17, 15) is 0 Å². The van der Waals surface area contributed by atoms with E-state index in [0.717, 1.165) is 0 Å². The molecular formula is C38H81LiN+. The fourth-order valence-corrected chi connectivity index (χ4v) is 6.29. The van der Waals surface area contributed by atoms with E-state index < -0.39 is 0 Å². The minimum Gasteiger partial charge on any atom is -1.00 e. The van der Waals surface area contributed by atoms with Crippen LogP contribution < -0.4 is 18.9 Å². The van der Waals surface area contributed by atoms with E-state index >= 15 is 0 Å². The molecule has 1 nitrogen and oxygen atoms in total. The number of quaternary nitrogens is 1. The third-order valence-electron chi connectivity index (χ3n) is 9.23. The van der Waals surface area contributed by atoms with E-state index in [-0.39, 0.29) is 20.3 Å². The molecule has 0 spiro atoms. The molecule has 0 aromatic carbocycles. The molecule has 0 heterocycles. The van der Waals surface area contributed by atoms with Gasteiger partial charge in [-0.25, -0.2) is 0 Å². The third-order valence-corrected chi connectivity index (χ3v) is 9.23. The van der Waals surface area contributed by atoms with Crippen LogP contribution in [0.15, 0.2) is 0 Å². The van der Waals surface area contributed by atoms with Crippen LogP contribution in [-0.4, -0.2) is 31.7 Å². The summed E-state index contributed by atoms with van der Waals surface area (Å²) in [5, 5.41) is 0.